The maximum absolute atomic E-state index is 9.07. The molecule has 0 heterocycles. The van der Waals surface area contributed by atoms with Gasteiger partial charge in [0.25, 0.3) is 0 Å². The minimum absolute atomic E-state index is 0.241. The van der Waals surface area contributed by atoms with Gasteiger partial charge in [0.05, 0.1) is 0 Å². The Morgan fingerprint density at radius 2 is 0.643 bits per heavy atom. The zero-order valence-electron chi connectivity index (χ0n) is 15.1. The molecule has 0 amide bonds. The van der Waals surface area contributed by atoms with E-state index >= 15 is 0 Å². The first-order valence-electron chi connectivity index (χ1n) is 8.73. The lowest BCUT2D eigenvalue weighted by Crippen LogP contribution is -1.81. The van der Waals surface area contributed by atoms with Crippen molar-refractivity contribution in [2.45, 2.75) is 0 Å². The minimum Gasteiger partial charge on any atom is -0.508 e. The fourth-order valence-corrected chi connectivity index (χ4v) is 2.28. The van der Waals surface area contributed by atoms with Crippen molar-refractivity contribution >= 4 is 0 Å². The van der Waals surface area contributed by atoms with E-state index in [2.05, 4.69) is 0 Å². The highest BCUT2D eigenvalue weighted by Crippen LogP contribution is 2.23. The Kier molecular flexibility index (Phi) is 6.53. The van der Waals surface area contributed by atoms with Crippen LogP contribution in [0.2, 0.25) is 0 Å². The lowest BCUT2D eigenvalue weighted by Gasteiger charge is -2.04. The average Bonchev–Trinajstić information content (AvgIpc) is 2.74. The van der Waals surface area contributed by atoms with E-state index in [4.69, 9.17) is 19.7 Å². The van der Waals surface area contributed by atoms with E-state index in [1.54, 1.807) is 48.5 Å². The fourth-order valence-electron chi connectivity index (χ4n) is 2.28. The molecule has 0 aromatic heterocycles. The summed E-state index contributed by atoms with van der Waals surface area (Å²) in [5.41, 5.74) is 0. The third-order valence-corrected chi connectivity index (χ3v) is 3.63. The molecule has 0 saturated heterocycles. The number of phenolic OH excluding ortho intramolecular Hbond substituents is 2. The number of aromatic hydroxyl groups is 2. The molecule has 0 bridgehead atoms. The van der Waals surface area contributed by atoms with Gasteiger partial charge in [-0.25, -0.2) is 0 Å². The third kappa shape index (κ3) is 6.11. The molecule has 0 radical (unpaired) electrons. The highest BCUT2D eigenvalue weighted by atomic mass is 16.5. The largest absolute Gasteiger partial charge is 0.508 e. The van der Waals surface area contributed by atoms with E-state index in [-0.39, 0.29) is 11.5 Å². The highest BCUT2D eigenvalue weighted by Gasteiger charge is 1.96. The van der Waals surface area contributed by atoms with Crippen molar-refractivity contribution in [1.82, 2.24) is 0 Å². The van der Waals surface area contributed by atoms with Crippen LogP contribution in [0, 0.1) is 0 Å². The first-order chi connectivity index (χ1) is 13.7. The summed E-state index contributed by atoms with van der Waals surface area (Å²) in [4.78, 5) is 0. The molecule has 28 heavy (non-hydrogen) atoms. The van der Waals surface area contributed by atoms with Gasteiger partial charge in [-0.15, -0.1) is 0 Å². The van der Waals surface area contributed by atoms with Gasteiger partial charge in [0.15, 0.2) is 0 Å². The second kappa shape index (κ2) is 9.69. The van der Waals surface area contributed by atoms with Gasteiger partial charge in [-0.05, 0) is 72.8 Å². The van der Waals surface area contributed by atoms with Crippen LogP contribution in [-0.2, 0) is 0 Å². The Bertz CT molecular complexity index is 868. The van der Waals surface area contributed by atoms with Crippen LogP contribution >= 0.6 is 0 Å². The summed E-state index contributed by atoms with van der Waals surface area (Å²) in [5.74, 6) is 3.50. The SMILES string of the molecule is Oc1ccc(Oc2ccccc2)cc1.Oc1ccc(Oc2ccccc2)cc1. The summed E-state index contributed by atoms with van der Waals surface area (Å²) < 4.78 is 11.0. The number of rotatable bonds is 4. The summed E-state index contributed by atoms with van der Waals surface area (Å²) in [6.07, 6.45) is 0. The predicted molar refractivity (Wildman–Crippen MR) is 109 cm³/mol. The summed E-state index contributed by atoms with van der Waals surface area (Å²) >= 11 is 0. The Hall–Kier alpha value is -3.92. The van der Waals surface area contributed by atoms with Crippen LogP contribution in [0.25, 0.3) is 0 Å². The van der Waals surface area contributed by atoms with Crippen LogP contribution in [0.1, 0.15) is 0 Å². The van der Waals surface area contributed by atoms with E-state index in [0.29, 0.717) is 11.5 Å². The number of para-hydroxylation sites is 2. The molecule has 0 aliphatic carbocycles. The molecular weight excluding hydrogens is 352 g/mol. The lowest BCUT2D eigenvalue weighted by atomic mass is 10.3. The lowest BCUT2D eigenvalue weighted by molar-refractivity contribution is 0.464. The van der Waals surface area contributed by atoms with E-state index < -0.39 is 0 Å². The van der Waals surface area contributed by atoms with Crippen molar-refractivity contribution < 1.29 is 19.7 Å². The third-order valence-electron chi connectivity index (χ3n) is 3.63. The molecule has 2 N–H and O–H groups in total. The number of benzene rings is 4. The topological polar surface area (TPSA) is 58.9 Å². The summed E-state index contributed by atoms with van der Waals surface area (Å²) in [6, 6.07) is 32.3. The van der Waals surface area contributed by atoms with Crippen LogP contribution in [0.4, 0.5) is 0 Å². The van der Waals surface area contributed by atoms with Crippen LogP contribution in [0.3, 0.4) is 0 Å². The smallest absolute Gasteiger partial charge is 0.127 e. The Morgan fingerprint density at radius 3 is 0.964 bits per heavy atom. The molecule has 0 saturated carbocycles. The Morgan fingerprint density at radius 1 is 0.357 bits per heavy atom. The molecule has 4 rings (SSSR count). The number of phenols is 2. The van der Waals surface area contributed by atoms with Crippen molar-refractivity contribution in [3.8, 4) is 34.5 Å². The molecule has 4 heteroatoms. The second-order valence-electron chi connectivity index (χ2n) is 5.82. The summed E-state index contributed by atoms with van der Waals surface area (Å²) in [6.45, 7) is 0. The van der Waals surface area contributed by atoms with E-state index in [1.807, 2.05) is 60.7 Å². The Balaban J connectivity index is 0.000000161. The van der Waals surface area contributed by atoms with Crippen molar-refractivity contribution in [2.24, 2.45) is 0 Å². The zero-order valence-corrected chi connectivity index (χ0v) is 15.1. The zero-order chi connectivity index (χ0) is 19.6. The standard InChI is InChI=1S/2C12H10O2/c2*13-10-6-8-12(9-7-10)14-11-4-2-1-3-5-11/h2*1-9,13H. The molecule has 0 aliphatic heterocycles. The van der Waals surface area contributed by atoms with Gasteiger partial charge in [-0.3, -0.25) is 0 Å². The number of hydrogen-bond acceptors (Lipinski definition) is 4. The summed E-state index contributed by atoms with van der Waals surface area (Å²) in [7, 11) is 0. The van der Waals surface area contributed by atoms with Gasteiger partial charge in [-0.1, -0.05) is 36.4 Å². The van der Waals surface area contributed by atoms with Gasteiger partial charge in [-0.2, -0.15) is 0 Å². The molecule has 4 aromatic carbocycles. The molecule has 0 unspecified atom stereocenters. The van der Waals surface area contributed by atoms with Crippen LogP contribution in [0.15, 0.2) is 109 Å². The van der Waals surface area contributed by atoms with E-state index in [9.17, 15) is 0 Å². The Labute approximate surface area is 163 Å². The van der Waals surface area contributed by atoms with Gasteiger partial charge < -0.3 is 19.7 Å². The number of hydrogen-bond donors (Lipinski definition) is 2. The molecule has 0 atom stereocenters. The molecule has 4 aromatic rings. The quantitative estimate of drug-likeness (QED) is 0.437. The maximum Gasteiger partial charge on any atom is 0.127 e. The van der Waals surface area contributed by atoms with Gasteiger partial charge >= 0.3 is 0 Å². The molecule has 0 fully saturated rings. The van der Waals surface area contributed by atoms with E-state index in [1.165, 1.54) is 0 Å². The first-order valence-corrected chi connectivity index (χ1v) is 8.73. The molecule has 0 aliphatic rings. The fraction of sp³-hybridized carbons (Fsp3) is 0. The van der Waals surface area contributed by atoms with Crippen LogP contribution in [-0.4, -0.2) is 10.2 Å². The molecule has 140 valence electrons. The maximum atomic E-state index is 9.07. The average molecular weight is 372 g/mol. The summed E-state index contributed by atoms with van der Waals surface area (Å²) in [5, 5.41) is 18.1. The molecular formula is C24H20O4. The highest BCUT2D eigenvalue weighted by molar-refractivity contribution is 5.35. The van der Waals surface area contributed by atoms with Crippen molar-refractivity contribution in [3.05, 3.63) is 109 Å². The van der Waals surface area contributed by atoms with Crippen molar-refractivity contribution in [3.63, 3.8) is 0 Å². The number of ether oxygens (including phenoxy) is 2. The van der Waals surface area contributed by atoms with Gasteiger partial charge in [0.1, 0.15) is 34.5 Å². The van der Waals surface area contributed by atoms with Gasteiger partial charge in [0.2, 0.25) is 0 Å². The molecule has 0 spiro atoms. The van der Waals surface area contributed by atoms with Gasteiger partial charge in [0, 0.05) is 0 Å². The van der Waals surface area contributed by atoms with E-state index in [0.717, 1.165) is 11.5 Å². The predicted octanol–water partition coefficient (Wildman–Crippen LogP) is 6.37. The van der Waals surface area contributed by atoms with Crippen LogP contribution < -0.4 is 9.47 Å². The van der Waals surface area contributed by atoms with Crippen LogP contribution in [0.5, 0.6) is 34.5 Å². The van der Waals surface area contributed by atoms with Crippen molar-refractivity contribution in [1.29, 1.82) is 0 Å². The normalized spacial score (nSPS) is 9.71. The monoisotopic (exact) mass is 372 g/mol. The van der Waals surface area contributed by atoms with Crippen molar-refractivity contribution in [2.75, 3.05) is 0 Å². The first kappa shape index (κ1) is 18.9. The minimum atomic E-state index is 0.241. The second-order valence-corrected chi connectivity index (χ2v) is 5.82. The molecule has 4 nitrogen and oxygen atoms in total.